The second-order valence-corrected chi connectivity index (χ2v) is 9.64. The number of aromatic nitrogens is 1. The second-order valence-electron chi connectivity index (χ2n) is 8.61. The number of carbonyl (C=O) groups excluding carboxylic acids is 2. The Kier molecular flexibility index (Phi) is 5.79. The van der Waals surface area contributed by atoms with Crippen LogP contribution in [0.3, 0.4) is 0 Å². The zero-order valence-electron chi connectivity index (χ0n) is 18.4. The summed E-state index contributed by atoms with van der Waals surface area (Å²) < 4.78 is 5.52. The fourth-order valence-electron chi connectivity index (χ4n) is 4.76. The Bertz CT molecular complexity index is 1230. The molecular weight excluding hydrogens is 454 g/mol. The summed E-state index contributed by atoms with van der Waals surface area (Å²) in [5.41, 5.74) is 4.55. The number of amides is 2. The quantitative estimate of drug-likeness (QED) is 0.567. The Labute approximate surface area is 200 Å². The van der Waals surface area contributed by atoms with Crippen LogP contribution in [0.1, 0.15) is 33.6 Å². The molecule has 3 aromatic rings. The van der Waals surface area contributed by atoms with Crippen molar-refractivity contribution in [3.8, 4) is 11.1 Å². The van der Waals surface area contributed by atoms with Gasteiger partial charge in [-0.1, -0.05) is 66.8 Å². The SMILES string of the molecule is C[C@@H]1CN(C(=O)c2cnc(NC(=O)OCC3c4ccccc4-c4ccccc43)s2)C[C@H]1C(=O)O. The third-order valence-corrected chi connectivity index (χ3v) is 7.39. The van der Waals surface area contributed by atoms with Crippen LogP contribution in [0, 0.1) is 11.8 Å². The first-order chi connectivity index (χ1) is 16.4. The fourth-order valence-corrected chi connectivity index (χ4v) is 5.53. The zero-order chi connectivity index (χ0) is 23.8. The number of hydrogen-bond donors (Lipinski definition) is 2. The van der Waals surface area contributed by atoms with Gasteiger partial charge in [-0.2, -0.15) is 0 Å². The van der Waals surface area contributed by atoms with Crippen molar-refractivity contribution in [2.75, 3.05) is 25.0 Å². The van der Waals surface area contributed by atoms with E-state index in [4.69, 9.17) is 4.74 Å². The summed E-state index contributed by atoms with van der Waals surface area (Å²) in [4.78, 5) is 42.5. The van der Waals surface area contributed by atoms with Crippen LogP contribution in [0.15, 0.2) is 54.7 Å². The lowest BCUT2D eigenvalue weighted by molar-refractivity contribution is -0.142. The maximum absolute atomic E-state index is 12.8. The minimum absolute atomic E-state index is 0.0501. The van der Waals surface area contributed by atoms with Gasteiger partial charge in [-0.05, 0) is 28.2 Å². The van der Waals surface area contributed by atoms with E-state index in [9.17, 15) is 19.5 Å². The molecule has 1 aliphatic heterocycles. The minimum atomic E-state index is -0.898. The summed E-state index contributed by atoms with van der Waals surface area (Å²) in [6.07, 6.45) is 0.751. The maximum atomic E-state index is 12.8. The highest BCUT2D eigenvalue weighted by molar-refractivity contribution is 7.17. The van der Waals surface area contributed by atoms with Crippen molar-refractivity contribution in [2.24, 2.45) is 11.8 Å². The van der Waals surface area contributed by atoms with E-state index in [1.807, 2.05) is 43.3 Å². The first-order valence-corrected chi connectivity index (χ1v) is 11.8. The minimum Gasteiger partial charge on any atom is -0.481 e. The van der Waals surface area contributed by atoms with E-state index in [1.54, 1.807) is 0 Å². The molecule has 0 spiro atoms. The number of carbonyl (C=O) groups is 3. The van der Waals surface area contributed by atoms with Crippen LogP contribution in [0.5, 0.6) is 0 Å². The Hall–Kier alpha value is -3.72. The van der Waals surface area contributed by atoms with E-state index in [1.165, 1.54) is 11.1 Å². The van der Waals surface area contributed by atoms with Gasteiger partial charge >= 0.3 is 12.1 Å². The molecule has 0 unspecified atom stereocenters. The van der Waals surface area contributed by atoms with Gasteiger partial charge in [-0.3, -0.25) is 14.9 Å². The monoisotopic (exact) mass is 477 g/mol. The van der Waals surface area contributed by atoms with Crippen molar-refractivity contribution in [1.82, 2.24) is 9.88 Å². The molecule has 1 aromatic heterocycles. The molecule has 2 amide bonds. The van der Waals surface area contributed by atoms with E-state index >= 15 is 0 Å². The number of thiazole rings is 1. The molecule has 2 aromatic carbocycles. The molecule has 1 aliphatic carbocycles. The van der Waals surface area contributed by atoms with Crippen LogP contribution in [-0.2, 0) is 9.53 Å². The van der Waals surface area contributed by atoms with E-state index in [-0.39, 0.29) is 36.0 Å². The normalized spacial score (nSPS) is 18.9. The van der Waals surface area contributed by atoms with Gasteiger partial charge in [0.1, 0.15) is 11.5 Å². The van der Waals surface area contributed by atoms with Gasteiger partial charge in [-0.15, -0.1) is 0 Å². The van der Waals surface area contributed by atoms with Crippen molar-refractivity contribution in [1.29, 1.82) is 0 Å². The third kappa shape index (κ3) is 4.03. The average molecular weight is 478 g/mol. The number of benzene rings is 2. The number of aliphatic carboxylic acids is 1. The summed E-state index contributed by atoms with van der Waals surface area (Å²) in [5.74, 6) is -1.92. The number of nitrogens with one attached hydrogen (secondary N) is 1. The standard InChI is InChI=1S/C25H23N3O5S/c1-14-11-28(12-19(14)23(30)31)22(29)21-10-26-24(34-21)27-25(32)33-13-20-17-8-4-2-6-15(17)16-7-3-5-9-18(16)20/h2-10,14,19-20H,11-13H2,1H3,(H,30,31)(H,26,27,32)/t14-,19-/m1/s1. The van der Waals surface area contributed by atoms with Gasteiger partial charge in [0.15, 0.2) is 5.13 Å². The number of anilines is 1. The van der Waals surface area contributed by atoms with E-state index in [0.717, 1.165) is 33.6 Å². The molecule has 174 valence electrons. The predicted octanol–water partition coefficient (Wildman–Crippen LogP) is 4.30. The molecule has 2 aliphatic rings. The first-order valence-electron chi connectivity index (χ1n) is 11.0. The Morgan fingerprint density at radius 1 is 1.09 bits per heavy atom. The smallest absolute Gasteiger partial charge is 0.413 e. The van der Waals surface area contributed by atoms with Crippen molar-refractivity contribution in [2.45, 2.75) is 12.8 Å². The number of ether oxygens (including phenoxy) is 1. The predicted molar refractivity (Wildman–Crippen MR) is 127 cm³/mol. The molecule has 0 saturated carbocycles. The number of nitrogens with zero attached hydrogens (tertiary/aromatic N) is 2. The highest BCUT2D eigenvalue weighted by Crippen LogP contribution is 2.44. The molecule has 2 atom stereocenters. The molecule has 1 saturated heterocycles. The Morgan fingerprint density at radius 2 is 1.74 bits per heavy atom. The van der Waals surface area contributed by atoms with E-state index < -0.39 is 18.0 Å². The van der Waals surface area contributed by atoms with Gasteiger partial charge in [0.25, 0.3) is 5.91 Å². The van der Waals surface area contributed by atoms with Gasteiger partial charge < -0.3 is 14.7 Å². The average Bonchev–Trinajstić information content (AvgIpc) is 3.53. The van der Waals surface area contributed by atoms with Gasteiger partial charge in [-0.25, -0.2) is 9.78 Å². The highest BCUT2D eigenvalue weighted by Gasteiger charge is 2.37. The summed E-state index contributed by atoms with van der Waals surface area (Å²) >= 11 is 1.04. The summed E-state index contributed by atoms with van der Waals surface area (Å²) in [6.45, 7) is 2.55. The summed E-state index contributed by atoms with van der Waals surface area (Å²) in [6, 6.07) is 16.2. The number of rotatable bonds is 5. The van der Waals surface area contributed by atoms with Gasteiger partial charge in [0.2, 0.25) is 0 Å². The van der Waals surface area contributed by atoms with Crippen LogP contribution in [0.25, 0.3) is 11.1 Å². The lowest BCUT2D eigenvalue weighted by Gasteiger charge is -2.14. The number of likely N-dealkylation sites (tertiary alicyclic amines) is 1. The number of carboxylic acid groups (broad SMARTS) is 1. The first kappa shape index (κ1) is 22.1. The van der Waals surface area contributed by atoms with Crippen molar-refractivity contribution in [3.63, 3.8) is 0 Å². The Balaban J connectivity index is 1.21. The second kappa shape index (κ2) is 8.90. The number of carboxylic acids is 1. The Morgan fingerprint density at radius 3 is 2.35 bits per heavy atom. The molecule has 2 N–H and O–H groups in total. The van der Waals surface area contributed by atoms with E-state index in [0.29, 0.717) is 11.4 Å². The molecule has 34 heavy (non-hydrogen) atoms. The van der Waals surface area contributed by atoms with Crippen molar-refractivity contribution >= 4 is 34.4 Å². The van der Waals surface area contributed by atoms with Crippen LogP contribution in [0.4, 0.5) is 9.93 Å². The van der Waals surface area contributed by atoms with Crippen LogP contribution < -0.4 is 5.32 Å². The zero-order valence-corrected chi connectivity index (χ0v) is 19.2. The van der Waals surface area contributed by atoms with Gasteiger partial charge in [0, 0.05) is 19.0 Å². The molecule has 5 rings (SSSR count). The largest absolute Gasteiger partial charge is 0.481 e. The van der Waals surface area contributed by atoms with Crippen LogP contribution in [-0.4, -0.2) is 52.7 Å². The van der Waals surface area contributed by atoms with Gasteiger partial charge in [0.05, 0.1) is 12.1 Å². The van der Waals surface area contributed by atoms with Crippen LogP contribution >= 0.6 is 11.3 Å². The summed E-state index contributed by atoms with van der Waals surface area (Å²) in [5, 5.41) is 12.1. The highest BCUT2D eigenvalue weighted by atomic mass is 32.1. The van der Waals surface area contributed by atoms with Crippen molar-refractivity contribution in [3.05, 3.63) is 70.7 Å². The van der Waals surface area contributed by atoms with Crippen molar-refractivity contribution < 1.29 is 24.2 Å². The lowest BCUT2D eigenvalue weighted by Crippen LogP contribution is -2.29. The number of hydrogen-bond acceptors (Lipinski definition) is 6. The third-order valence-electron chi connectivity index (χ3n) is 6.49. The molecule has 9 heteroatoms. The maximum Gasteiger partial charge on any atom is 0.413 e. The molecule has 8 nitrogen and oxygen atoms in total. The topological polar surface area (TPSA) is 109 Å². The van der Waals surface area contributed by atoms with Crippen LogP contribution in [0.2, 0.25) is 0 Å². The fraction of sp³-hybridized carbons (Fsp3) is 0.280. The number of fused-ring (bicyclic) bond motifs is 3. The molecular formula is C25H23N3O5S. The molecule has 0 radical (unpaired) electrons. The molecule has 1 fully saturated rings. The molecule has 2 heterocycles. The molecule has 0 bridgehead atoms. The lowest BCUT2D eigenvalue weighted by atomic mass is 9.98. The summed E-state index contributed by atoms with van der Waals surface area (Å²) in [7, 11) is 0. The van der Waals surface area contributed by atoms with E-state index in [2.05, 4.69) is 22.4 Å².